The quantitative estimate of drug-likeness (QED) is 0.552. The van der Waals surface area contributed by atoms with Crippen LogP contribution in [0.4, 0.5) is 0 Å². The fraction of sp³-hybridized carbons (Fsp3) is 0.0952. The predicted octanol–water partition coefficient (Wildman–Crippen LogP) is 5.31. The second kappa shape index (κ2) is 5.67. The molecule has 0 aliphatic carbocycles. The molecule has 1 aromatic carbocycles. The molecule has 4 heterocycles. The molecule has 0 bridgehead atoms. The maximum atomic E-state index is 5.62. The summed E-state index contributed by atoms with van der Waals surface area (Å²) in [6.07, 6.45) is 7.02. The van der Waals surface area contributed by atoms with Crippen molar-refractivity contribution in [2.45, 2.75) is 12.8 Å². The molecule has 0 atom stereocenters. The van der Waals surface area contributed by atoms with Crippen LogP contribution >= 0.6 is 0 Å². The zero-order valence-corrected chi connectivity index (χ0v) is 13.5. The number of hydrogen-bond acceptors (Lipinski definition) is 3. The van der Waals surface area contributed by atoms with Crippen molar-refractivity contribution in [1.29, 1.82) is 0 Å². The van der Waals surface area contributed by atoms with Gasteiger partial charge in [-0.1, -0.05) is 18.2 Å². The summed E-state index contributed by atoms with van der Waals surface area (Å²) in [5.41, 5.74) is 5.47. The summed E-state index contributed by atoms with van der Waals surface area (Å²) in [7, 11) is 0. The number of hydrogen-bond donors (Lipinski definition) is 1. The van der Waals surface area contributed by atoms with Crippen molar-refractivity contribution in [3.05, 3.63) is 84.3 Å². The van der Waals surface area contributed by atoms with Crippen molar-refractivity contribution < 1.29 is 8.83 Å². The van der Waals surface area contributed by atoms with Crippen LogP contribution in [-0.4, -0.2) is 10.7 Å². The molecule has 4 nitrogen and oxygen atoms in total. The van der Waals surface area contributed by atoms with Gasteiger partial charge in [-0.05, 0) is 35.9 Å². The van der Waals surface area contributed by atoms with Gasteiger partial charge in [0.25, 0.3) is 0 Å². The van der Waals surface area contributed by atoms with Gasteiger partial charge >= 0.3 is 0 Å². The Labute approximate surface area is 144 Å². The minimum absolute atomic E-state index is 0.767. The first kappa shape index (κ1) is 14.1. The Morgan fingerprint density at radius 2 is 1.72 bits per heavy atom. The average molecular weight is 328 g/mol. The number of nitrogens with one attached hydrogen (secondary N) is 1. The van der Waals surface area contributed by atoms with E-state index >= 15 is 0 Å². The Balaban J connectivity index is 1.51. The first-order valence-electron chi connectivity index (χ1n) is 8.31. The van der Waals surface area contributed by atoms with E-state index in [1.807, 2.05) is 30.3 Å². The van der Waals surface area contributed by atoms with Crippen LogP contribution < -0.4 is 0 Å². The van der Waals surface area contributed by atoms with Gasteiger partial charge in [-0.15, -0.1) is 0 Å². The van der Waals surface area contributed by atoms with Crippen molar-refractivity contribution in [2.75, 3.05) is 0 Å². The smallest absolute Gasteiger partial charge is 0.152 e. The largest absolute Gasteiger partial charge is 0.465 e. The molecule has 0 saturated heterocycles. The third kappa shape index (κ3) is 2.43. The summed E-state index contributed by atoms with van der Waals surface area (Å²) in [6, 6.07) is 16.0. The number of para-hydroxylation sites is 1. The number of aliphatic imine (C=N–C) groups is 1. The van der Waals surface area contributed by atoms with Gasteiger partial charge in [-0.25, -0.2) is 0 Å². The fourth-order valence-corrected chi connectivity index (χ4v) is 3.42. The van der Waals surface area contributed by atoms with E-state index < -0.39 is 0 Å². The average Bonchev–Trinajstić information content (AvgIpc) is 3.42. The summed E-state index contributed by atoms with van der Waals surface area (Å²) in [6.45, 7) is 0. The summed E-state index contributed by atoms with van der Waals surface area (Å²) >= 11 is 0. The molecule has 4 aromatic rings. The molecular formula is C21H16N2O2. The molecule has 1 aliphatic rings. The second-order valence-corrected chi connectivity index (χ2v) is 6.17. The number of furan rings is 2. The highest BCUT2D eigenvalue weighted by Crippen LogP contribution is 2.37. The Morgan fingerprint density at radius 3 is 2.52 bits per heavy atom. The molecule has 25 heavy (non-hydrogen) atoms. The monoisotopic (exact) mass is 328 g/mol. The minimum atomic E-state index is 0.767. The van der Waals surface area contributed by atoms with E-state index in [-0.39, 0.29) is 0 Å². The van der Waals surface area contributed by atoms with Crippen molar-refractivity contribution >= 4 is 27.9 Å². The van der Waals surface area contributed by atoms with Gasteiger partial charge in [-0.3, -0.25) is 4.99 Å². The Hall–Kier alpha value is -3.27. The number of aromatic nitrogens is 1. The Morgan fingerprint density at radius 1 is 0.920 bits per heavy atom. The lowest BCUT2D eigenvalue weighted by Gasteiger charge is -2.01. The Kier molecular flexibility index (Phi) is 3.20. The van der Waals surface area contributed by atoms with E-state index in [1.165, 1.54) is 10.9 Å². The first-order chi connectivity index (χ1) is 12.4. The zero-order valence-electron chi connectivity index (χ0n) is 13.5. The van der Waals surface area contributed by atoms with Crippen molar-refractivity contribution in [2.24, 2.45) is 4.99 Å². The Bertz CT molecular complexity index is 1080. The van der Waals surface area contributed by atoms with Crippen molar-refractivity contribution in [3.63, 3.8) is 0 Å². The van der Waals surface area contributed by atoms with Crippen LogP contribution in [-0.2, 0) is 6.42 Å². The third-order valence-corrected chi connectivity index (χ3v) is 4.58. The molecule has 3 aromatic heterocycles. The molecule has 0 saturated carbocycles. The van der Waals surface area contributed by atoms with Crippen LogP contribution in [0.15, 0.2) is 81.1 Å². The lowest BCUT2D eigenvalue weighted by atomic mass is 10.0. The molecular weight excluding hydrogens is 312 g/mol. The maximum Gasteiger partial charge on any atom is 0.152 e. The van der Waals surface area contributed by atoms with Gasteiger partial charge in [0.15, 0.2) is 5.76 Å². The number of nitrogens with zero attached hydrogens (tertiary/aromatic N) is 1. The fourth-order valence-electron chi connectivity index (χ4n) is 3.42. The predicted molar refractivity (Wildman–Crippen MR) is 98.3 cm³/mol. The number of H-pyrrole nitrogens is 1. The molecule has 5 rings (SSSR count). The highest BCUT2D eigenvalue weighted by Gasteiger charge is 2.24. The summed E-state index contributed by atoms with van der Waals surface area (Å²) in [5, 5.41) is 1.25. The van der Waals surface area contributed by atoms with E-state index in [0.717, 1.165) is 46.9 Å². The maximum absolute atomic E-state index is 5.62. The summed E-state index contributed by atoms with van der Waals surface area (Å²) in [5.74, 6) is 1.63. The van der Waals surface area contributed by atoms with Gasteiger partial charge in [-0.2, -0.15) is 0 Å². The molecule has 0 unspecified atom stereocenters. The van der Waals surface area contributed by atoms with Crippen molar-refractivity contribution in [1.82, 2.24) is 4.98 Å². The van der Waals surface area contributed by atoms with Gasteiger partial charge in [0.05, 0.1) is 12.5 Å². The zero-order chi connectivity index (χ0) is 16.6. The summed E-state index contributed by atoms with van der Waals surface area (Å²) < 4.78 is 11.2. The van der Waals surface area contributed by atoms with Crippen LogP contribution in [0.2, 0.25) is 0 Å². The minimum Gasteiger partial charge on any atom is -0.465 e. The molecule has 1 N–H and O–H groups in total. The van der Waals surface area contributed by atoms with Crippen LogP contribution in [0.3, 0.4) is 0 Å². The van der Waals surface area contributed by atoms with Crippen LogP contribution in [0.25, 0.3) is 22.2 Å². The van der Waals surface area contributed by atoms with Crippen LogP contribution in [0.1, 0.15) is 23.5 Å². The normalized spacial score (nSPS) is 14.5. The first-order valence-corrected chi connectivity index (χ1v) is 8.31. The van der Waals surface area contributed by atoms with Gasteiger partial charge in [0, 0.05) is 41.2 Å². The SMILES string of the molecule is c1coc(C2=C(c3ccco3)N=C(Cc3c[nH]c4ccccc34)C2)c1. The second-order valence-electron chi connectivity index (χ2n) is 6.17. The van der Waals surface area contributed by atoms with E-state index in [9.17, 15) is 0 Å². The number of rotatable bonds is 4. The number of aromatic amines is 1. The van der Waals surface area contributed by atoms with E-state index in [4.69, 9.17) is 13.8 Å². The molecule has 0 spiro atoms. The molecule has 122 valence electrons. The molecule has 0 amide bonds. The topological polar surface area (TPSA) is 54.4 Å². The molecule has 4 heteroatoms. The third-order valence-electron chi connectivity index (χ3n) is 4.58. The van der Waals surface area contributed by atoms with Gasteiger partial charge < -0.3 is 13.8 Å². The number of fused-ring (bicyclic) bond motifs is 1. The van der Waals surface area contributed by atoms with Crippen LogP contribution in [0, 0.1) is 0 Å². The molecule has 0 fully saturated rings. The van der Waals surface area contributed by atoms with E-state index in [2.05, 4.69) is 29.4 Å². The number of allylic oxidation sites excluding steroid dienone is 1. The van der Waals surface area contributed by atoms with Gasteiger partial charge in [0.2, 0.25) is 0 Å². The van der Waals surface area contributed by atoms with Crippen molar-refractivity contribution in [3.8, 4) is 0 Å². The number of benzene rings is 1. The van der Waals surface area contributed by atoms with Crippen LogP contribution in [0.5, 0.6) is 0 Å². The molecule has 1 aliphatic heterocycles. The summed E-state index contributed by atoms with van der Waals surface area (Å²) in [4.78, 5) is 8.21. The van der Waals surface area contributed by atoms with E-state index in [1.54, 1.807) is 12.5 Å². The van der Waals surface area contributed by atoms with E-state index in [0.29, 0.717) is 0 Å². The lowest BCUT2D eigenvalue weighted by Crippen LogP contribution is -1.99. The standard InChI is InChI=1S/C21H16N2O2/c1-2-6-18-16(5-1)14(13-22-18)11-15-12-17(19-7-3-9-24-19)21(23-15)20-8-4-10-25-20/h1-10,13,22H,11-12H2. The highest BCUT2D eigenvalue weighted by molar-refractivity contribution is 6.10. The van der Waals surface area contributed by atoms with Gasteiger partial charge in [0.1, 0.15) is 11.5 Å². The lowest BCUT2D eigenvalue weighted by molar-refractivity contribution is 0.546. The highest BCUT2D eigenvalue weighted by atomic mass is 16.3. The molecule has 0 radical (unpaired) electrons.